The Morgan fingerprint density at radius 1 is 0.750 bits per heavy atom. The molecule has 0 bridgehead atoms. The summed E-state index contributed by atoms with van der Waals surface area (Å²) >= 11 is 0. The number of hydrogen-bond donors (Lipinski definition) is 0. The smallest absolute Gasteiger partial charge is 0.550 e. The normalized spacial score (nSPS) is 15.5. The van der Waals surface area contributed by atoms with Crippen molar-refractivity contribution in [1.82, 2.24) is 0 Å². The molecule has 0 aromatic carbocycles. The summed E-state index contributed by atoms with van der Waals surface area (Å²) in [5.41, 5.74) is 0. The summed E-state index contributed by atoms with van der Waals surface area (Å²) in [5.74, 6) is -6.89. The van der Waals surface area contributed by atoms with Crippen LogP contribution in [0.3, 0.4) is 0 Å². The van der Waals surface area contributed by atoms with Crippen LogP contribution >= 0.6 is 0 Å². The molecule has 0 aliphatic rings. The third-order valence-corrected chi connectivity index (χ3v) is 11.7. The second kappa shape index (κ2) is 17.3. The summed E-state index contributed by atoms with van der Waals surface area (Å²) in [4.78, 5) is 23.4. The van der Waals surface area contributed by atoms with E-state index in [1.807, 2.05) is 13.8 Å². The Bertz CT molecular complexity index is 718. The van der Waals surface area contributed by atoms with E-state index in [0.717, 1.165) is 12.8 Å². The number of hydrogen-bond acceptors (Lipinski definition) is 8. The molecule has 0 rings (SSSR count). The molecule has 32 heavy (non-hydrogen) atoms. The van der Waals surface area contributed by atoms with Crippen LogP contribution in [0.4, 0.5) is 0 Å². The monoisotopic (exact) mass is 514 g/mol. The van der Waals surface area contributed by atoms with E-state index in [1.54, 1.807) is 13.8 Å². The number of aliphatic carboxylic acids is 2. The van der Waals surface area contributed by atoms with Gasteiger partial charge in [0.05, 0.1) is 17.5 Å². The number of carbonyl (C=O) groups excluding carboxylic acids is 2. The fourth-order valence-electron chi connectivity index (χ4n) is 3.62. The van der Waals surface area contributed by atoms with Crippen LogP contribution < -0.4 is 69.3 Å². The maximum atomic E-state index is 13.2. The van der Waals surface area contributed by atoms with Gasteiger partial charge in [-0.3, -0.25) is 0 Å². The molecule has 0 amide bonds. The van der Waals surface area contributed by atoms with E-state index in [0.29, 0.717) is 38.5 Å². The first-order chi connectivity index (χ1) is 13.8. The third-order valence-electron chi connectivity index (χ3n) is 5.69. The Labute approximate surface area is 238 Å². The molecule has 0 aliphatic heterocycles. The number of rotatable bonds is 17. The van der Waals surface area contributed by atoms with E-state index in [-0.39, 0.29) is 59.1 Å². The zero-order valence-electron chi connectivity index (χ0n) is 20.5. The van der Waals surface area contributed by atoms with Gasteiger partial charge in [0.15, 0.2) is 19.7 Å². The molecule has 8 nitrogen and oxygen atoms in total. The first-order valence-electron chi connectivity index (χ1n) is 10.7. The van der Waals surface area contributed by atoms with Gasteiger partial charge in [-0.05, 0) is 24.7 Å². The van der Waals surface area contributed by atoms with E-state index < -0.39 is 65.5 Å². The molecule has 0 aromatic heterocycles. The molecule has 12 heteroatoms. The van der Waals surface area contributed by atoms with Crippen LogP contribution in [-0.4, -0.2) is 44.4 Å². The molecule has 0 fully saturated rings. The van der Waals surface area contributed by atoms with Crippen LogP contribution in [0.25, 0.3) is 0 Å². The Balaban J connectivity index is -0.00000420. The first-order valence-corrected chi connectivity index (χ1v) is 14.0. The predicted molar refractivity (Wildman–Crippen MR) is 112 cm³/mol. The van der Waals surface area contributed by atoms with Crippen molar-refractivity contribution in [2.24, 2.45) is 11.8 Å². The third kappa shape index (κ3) is 10.2. The molecule has 0 aliphatic carbocycles. The van der Waals surface area contributed by atoms with E-state index in [2.05, 4.69) is 0 Å². The molecule has 2 atom stereocenters. The molecule has 0 aromatic rings. The second-order valence-electron chi connectivity index (χ2n) is 7.98. The number of carbonyl (C=O) groups is 2. The van der Waals surface area contributed by atoms with Crippen molar-refractivity contribution in [2.45, 2.75) is 89.6 Å². The minimum Gasteiger partial charge on any atom is -0.550 e. The Morgan fingerprint density at radius 3 is 1.31 bits per heavy atom. The molecule has 0 saturated heterocycles. The quantitative estimate of drug-likeness (QED) is 0.175. The van der Waals surface area contributed by atoms with Crippen LogP contribution in [0.1, 0.15) is 85.5 Å². The van der Waals surface area contributed by atoms with E-state index in [4.69, 9.17) is 0 Å². The second-order valence-corrected chi connectivity index (χ2v) is 12.8. The van der Waals surface area contributed by atoms with Gasteiger partial charge in [-0.25, -0.2) is 16.8 Å². The van der Waals surface area contributed by atoms with E-state index in [9.17, 15) is 36.6 Å². The summed E-state index contributed by atoms with van der Waals surface area (Å²) < 4.78 is 49.3. The van der Waals surface area contributed by atoms with Gasteiger partial charge in [0.2, 0.25) is 4.08 Å². The van der Waals surface area contributed by atoms with Gasteiger partial charge < -0.3 is 19.8 Å². The number of unbranched alkanes of at least 4 members (excludes halogenated alkanes) is 2. The van der Waals surface area contributed by atoms with Crippen LogP contribution in [-0.2, 0) is 29.3 Å². The molecular formula is C20H36Na2O8S2. The van der Waals surface area contributed by atoms with Gasteiger partial charge in [0.1, 0.15) is 0 Å². The van der Waals surface area contributed by atoms with Gasteiger partial charge in [0.25, 0.3) is 0 Å². The van der Waals surface area contributed by atoms with Crippen LogP contribution in [0.5, 0.6) is 0 Å². The van der Waals surface area contributed by atoms with Crippen molar-refractivity contribution in [3.8, 4) is 0 Å². The number of carboxylic acids is 2. The van der Waals surface area contributed by atoms with Crippen molar-refractivity contribution in [2.75, 3.05) is 11.5 Å². The van der Waals surface area contributed by atoms with Gasteiger partial charge in [-0.1, -0.05) is 66.2 Å². The zero-order chi connectivity index (χ0) is 23.6. The number of carboxylic acid groups (broad SMARTS) is 2. The van der Waals surface area contributed by atoms with Gasteiger partial charge in [-0.15, -0.1) is 0 Å². The fraction of sp³-hybridized carbons (Fsp3) is 0.900. The maximum absolute atomic E-state index is 13.2. The van der Waals surface area contributed by atoms with E-state index in [1.165, 1.54) is 0 Å². The largest absolute Gasteiger partial charge is 1.00 e. The topological polar surface area (TPSA) is 149 Å². The molecule has 0 spiro atoms. The summed E-state index contributed by atoms with van der Waals surface area (Å²) in [6.07, 6.45) is 2.99. The van der Waals surface area contributed by atoms with Crippen molar-refractivity contribution in [3.63, 3.8) is 0 Å². The van der Waals surface area contributed by atoms with Crippen LogP contribution in [0.2, 0.25) is 0 Å². The SMILES string of the molecule is CCCCC(CC)CS(=O)(=O)C(CC(=O)[O-])(C(=O)[O-])S(=O)(=O)CC(CC)CCCC.[Na+].[Na+]. The van der Waals surface area contributed by atoms with Crippen molar-refractivity contribution in [3.05, 3.63) is 0 Å². The summed E-state index contributed by atoms with van der Waals surface area (Å²) in [5, 5.41) is 23.4. The van der Waals surface area contributed by atoms with Gasteiger partial charge in [0, 0.05) is 12.4 Å². The average molecular weight is 515 g/mol. The summed E-state index contributed by atoms with van der Waals surface area (Å²) in [7, 11) is -9.85. The molecular weight excluding hydrogens is 478 g/mol. The summed E-state index contributed by atoms with van der Waals surface area (Å²) in [6, 6.07) is 0. The minimum atomic E-state index is -4.92. The van der Waals surface area contributed by atoms with Crippen molar-refractivity contribution < 1.29 is 95.8 Å². The molecule has 0 N–H and O–H groups in total. The van der Waals surface area contributed by atoms with E-state index >= 15 is 0 Å². The Kier molecular flexibility index (Phi) is 20.2. The molecule has 0 heterocycles. The Morgan fingerprint density at radius 2 is 1.09 bits per heavy atom. The first kappa shape index (κ1) is 37.4. The van der Waals surface area contributed by atoms with Crippen LogP contribution in [0, 0.1) is 11.8 Å². The Hall–Kier alpha value is 0.840. The van der Waals surface area contributed by atoms with Crippen molar-refractivity contribution >= 4 is 31.6 Å². The fourth-order valence-corrected chi connectivity index (χ4v) is 9.34. The zero-order valence-corrected chi connectivity index (χ0v) is 26.1. The maximum Gasteiger partial charge on any atom is 1.00 e. The van der Waals surface area contributed by atoms with Gasteiger partial charge >= 0.3 is 59.1 Å². The molecule has 2 unspecified atom stereocenters. The van der Waals surface area contributed by atoms with Gasteiger partial charge in [-0.2, -0.15) is 0 Å². The predicted octanol–water partition coefficient (Wildman–Crippen LogP) is -5.16. The minimum absolute atomic E-state index is 0. The molecule has 178 valence electrons. The summed E-state index contributed by atoms with van der Waals surface area (Å²) in [6.45, 7) is 7.27. The molecule has 0 radical (unpaired) electrons. The average Bonchev–Trinajstić information content (AvgIpc) is 2.65. The van der Waals surface area contributed by atoms with Crippen molar-refractivity contribution in [1.29, 1.82) is 0 Å². The molecule has 0 saturated carbocycles. The standard InChI is InChI=1S/C20H38O8S2.2Na/c1-5-9-11-16(7-3)14-29(25,26)20(19(23)24,13-18(21)22)30(27,28)15-17(8-4)12-10-6-2;;/h16-17H,5-15H2,1-4H3,(H,21,22)(H,23,24);;/q;2*+1/p-2. The number of sulfone groups is 2. The van der Waals surface area contributed by atoms with Crippen LogP contribution in [0.15, 0.2) is 0 Å².